The highest BCUT2D eigenvalue weighted by atomic mass is 35.5. The Labute approximate surface area is 130 Å². The molecule has 1 fully saturated rings. The first-order valence-electron chi connectivity index (χ1n) is 7.14. The maximum atomic E-state index is 9.25. The zero-order valence-electron chi connectivity index (χ0n) is 11.6. The molecular weight excluding hydrogens is 295 g/mol. The van der Waals surface area contributed by atoms with Gasteiger partial charge in [-0.05, 0) is 49.9 Å². The zero-order valence-corrected chi connectivity index (χ0v) is 13.1. The van der Waals surface area contributed by atoms with E-state index in [0.717, 1.165) is 44.5 Å². The Morgan fingerprint density at radius 3 is 2.95 bits per heavy atom. The molecule has 0 aromatic heterocycles. The molecule has 1 heterocycles. The Kier molecular flexibility index (Phi) is 6.12. The van der Waals surface area contributed by atoms with Crippen LogP contribution in [-0.2, 0) is 0 Å². The maximum absolute atomic E-state index is 9.25. The van der Waals surface area contributed by atoms with Crippen molar-refractivity contribution >= 4 is 23.2 Å². The number of rotatable bonds is 5. The van der Waals surface area contributed by atoms with Crippen LogP contribution in [0, 0.1) is 5.92 Å². The number of piperidine rings is 1. The van der Waals surface area contributed by atoms with E-state index in [4.69, 9.17) is 28.9 Å². The smallest absolute Gasteiger partial charge is 0.0640 e. The van der Waals surface area contributed by atoms with Gasteiger partial charge in [-0.25, -0.2) is 0 Å². The molecule has 2 rings (SSSR count). The van der Waals surface area contributed by atoms with E-state index in [1.54, 1.807) is 6.07 Å². The predicted molar refractivity (Wildman–Crippen MR) is 84.3 cm³/mol. The fourth-order valence-electron chi connectivity index (χ4n) is 2.79. The molecular formula is C15H22Cl2N2O. The molecule has 0 bridgehead atoms. The molecule has 0 radical (unpaired) electrons. The summed E-state index contributed by atoms with van der Waals surface area (Å²) < 4.78 is 0. The molecule has 112 valence electrons. The number of aliphatic hydroxyl groups is 1. The van der Waals surface area contributed by atoms with Gasteiger partial charge in [0.1, 0.15) is 0 Å². The lowest BCUT2D eigenvalue weighted by molar-refractivity contribution is 0.118. The van der Waals surface area contributed by atoms with Crippen molar-refractivity contribution in [3.63, 3.8) is 0 Å². The van der Waals surface area contributed by atoms with Gasteiger partial charge in [-0.15, -0.1) is 0 Å². The SMILES string of the molecule is NC(CCN1CCCC(CO)C1)c1cccc(Cl)c1Cl. The molecule has 0 spiro atoms. The van der Waals surface area contributed by atoms with Crippen molar-refractivity contribution in [3.8, 4) is 0 Å². The van der Waals surface area contributed by atoms with Crippen LogP contribution < -0.4 is 5.73 Å². The molecule has 20 heavy (non-hydrogen) atoms. The molecule has 1 aliphatic rings. The van der Waals surface area contributed by atoms with E-state index in [0.29, 0.717) is 16.0 Å². The Morgan fingerprint density at radius 2 is 2.20 bits per heavy atom. The molecule has 1 aliphatic heterocycles. The van der Waals surface area contributed by atoms with Gasteiger partial charge in [0.25, 0.3) is 0 Å². The highest BCUT2D eigenvalue weighted by Crippen LogP contribution is 2.30. The third-order valence-corrected chi connectivity index (χ3v) is 4.83. The summed E-state index contributed by atoms with van der Waals surface area (Å²) in [4.78, 5) is 2.38. The summed E-state index contributed by atoms with van der Waals surface area (Å²) >= 11 is 12.2. The van der Waals surface area contributed by atoms with Gasteiger partial charge < -0.3 is 15.7 Å². The topological polar surface area (TPSA) is 49.5 Å². The third-order valence-electron chi connectivity index (χ3n) is 4.00. The van der Waals surface area contributed by atoms with Crippen molar-refractivity contribution in [3.05, 3.63) is 33.8 Å². The molecule has 3 nitrogen and oxygen atoms in total. The summed E-state index contributed by atoms with van der Waals surface area (Å²) in [6.07, 6.45) is 3.12. The van der Waals surface area contributed by atoms with Crippen molar-refractivity contribution < 1.29 is 5.11 Å². The van der Waals surface area contributed by atoms with Gasteiger partial charge in [-0.1, -0.05) is 35.3 Å². The van der Waals surface area contributed by atoms with Crippen LogP contribution >= 0.6 is 23.2 Å². The highest BCUT2D eigenvalue weighted by Gasteiger charge is 2.20. The molecule has 2 unspecified atom stereocenters. The number of nitrogens with zero attached hydrogens (tertiary/aromatic N) is 1. The number of benzene rings is 1. The standard InChI is InChI=1S/C15H22Cl2N2O/c16-13-5-1-4-12(15(13)17)14(18)6-8-19-7-2-3-11(9-19)10-20/h1,4-5,11,14,20H,2-3,6-10,18H2. The van der Waals surface area contributed by atoms with Crippen LogP contribution in [0.2, 0.25) is 10.0 Å². The van der Waals surface area contributed by atoms with E-state index in [1.807, 2.05) is 12.1 Å². The lowest BCUT2D eigenvalue weighted by atomic mass is 9.98. The molecule has 5 heteroatoms. The second kappa shape index (κ2) is 7.62. The number of likely N-dealkylation sites (tertiary alicyclic amines) is 1. The highest BCUT2D eigenvalue weighted by molar-refractivity contribution is 6.42. The van der Waals surface area contributed by atoms with E-state index in [2.05, 4.69) is 4.90 Å². The van der Waals surface area contributed by atoms with E-state index >= 15 is 0 Å². The summed E-state index contributed by atoms with van der Waals surface area (Å²) in [5.41, 5.74) is 7.14. The van der Waals surface area contributed by atoms with Gasteiger partial charge in [-0.3, -0.25) is 0 Å². The second-order valence-corrected chi connectivity index (χ2v) is 6.31. The summed E-state index contributed by atoms with van der Waals surface area (Å²) in [7, 11) is 0. The van der Waals surface area contributed by atoms with Gasteiger partial charge in [0.2, 0.25) is 0 Å². The Hall–Kier alpha value is -0.320. The lowest BCUT2D eigenvalue weighted by Crippen LogP contribution is -2.38. The van der Waals surface area contributed by atoms with Crippen LogP contribution in [-0.4, -0.2) is 36.2 Å². The van der Waals surface area contributed by atoms with Crippen molar-refractivity contribution in [2.75, 3.05) is 26.2 Å². The Morgan fingerprint density at radius 1 is 1.40 bits per heavy atom. The quantitative estimate of drug-likeness (QED) is 0.877. The van der Waals surface area contributed by atoms with Crippen molar-refractivity contribution in [2.24, 2.45) is 11.7 Å². The van der Waals surface area contributed by atoms with Gasteiger partial charge >= 0.3 is 0 Å². The molecule has 0 saturated carbocycles. The summed E-state index contributed by atoms with van der Waals surface area (Å²) in [5.74, 6) is 0.412. The largest absolute Gasteiger partial charge is 0.396 e. The number of aliphatic hydroxyl groups excluding tert-OH is 1. The van der Waals surface area contributed by atoms with Crippen LogP contribution in [0.15, 0.2) is 18.2 Å². The zero-order chi connectivity index (χ0) is 14.5. The monoisotopic (exact) mass is 316 g/mol. The van der Waals surface area contributed by atoms with Crippen LogP contribution in [0.5, 0.6) is 0 Å². The third kappa shape index (κ3) is 4.09. The van der Waals surface area contributed by atoms with Crippen LogP contribution in [0.25, 0.3) is 0 Å². The Bertz CT molecular complexity index is 442. The molecule has 0 aliphatic carbocycles. The van der Waals surface area contributed by atoms with E-state index < -0.39 is 0 Å². The minimum absolute atomic E-state index is 0.101. The van der Waals surface area contributed by atoms with Crippen molar-refractivity contribution in [1.29, 1.82) is 0 Å². The van der Waals surface area contributed by atoms with Crippen LogP contribution in [0.1, 0.15) is 30.9 Å². The first-order valence-corrected chi connectivity index (χ1v) is 7.90. The van der Waals surface area contributed by atoms with Crippen molar-refractivity contribution in [2.45, 2.75) is 25.3 Å². The van der Waals surface area contributed by atoms with Gasteiger partial charge in [-0.2, -0.15) is 0 Å². The van der Waals surface area contributed by atoms with E-state index in [-0.39, 0.29) is 12.6 Å². The van der Waals surface area contributed by atoms with E-state index in [1.165, 1.54) is 0 Å². The normalized spacial score (nSPS) is 21.9. The molecule has 3 N–H and O–H groups in total. The minimum Gasteiger partial charge on any atom is -0.396 e. The predicted octanol–water partition coefficient (Wildman–Crippen LogP) is 3.09. The number of hydrogen-bond acceptors (Lipinski definition) is 3. The number of hydrogen-bond donors (Lipinski definition) is 2. The average molecular weight is 317 g/mol. The minimum atomic E-state index is -0.101. The second-order valence-electron chi connectivity index (χ2n) is 5.53. The number of halogens is 2. The van der Waals surface area contributed by atoms with Gasteiger partial charge in [0.05, 0.1) is 10.0 Å². The average Bonchev–Trinajstić information content (AvgIpc) is 2.48. The molecule has 1 aromatic carbocycles. The fourth-order valence-corrected chi connectivity index (χ4v) is 3.24. The van der Waals surface area contributed by atoms with Crippen LogP contribution in [0.3, 0.4) is 0 Å². The molecule has 1 saturated heterocycles. The number of nitrogens with two attached hydrogens (primary N) is 1. The Balaban J connectivity index is 1.88. The van der Waals surface area contributed by atoms with Gasteiger partial charge in [0, 0.05) is 19.2 Å². The summed E-state index contributed by atoms with van der Waals surface area (Å²) in [6, 6.07) is 5.49. The lowest BCUT2D eigenvalue weighted by Gasteiger charge is -2.32. The maximum Gasteiger partial charge on any atom is 0.0640 e. The van der Waals surface area contributed by atoms with Crippen molar-refractivity contribution in [1.82, 2.24) is 4.90 Å². The summed E-state index contributed by atoms with van der Waals surface area (Å²) in [5, 5.41) is 10.4. The molecule has 1 aromatic rings. The first-order chi connectivity index (χ1) is 9.61. The summed E-state index contributed by atoms with van der Waals surface area (Å²) in [6.45, 7) is 3.27. The first kappa shape index (κ1) is 16.1. The molecule has 0 amide bonds. The fraction of sp³-hybridized carbons (Fsp3) is 0.600. The van der Waals surface area contributed by atoms with Crippen LogP contribution in [0.4, 0.5) is 0 Å². The molecule has 2 atom stereocenters. The van der Waals surface area contributed by atoms with Gasteiger partial charge in [0.15, 0.2) is 0 Å². The van der Waals surface area contributed by atoms with E-state index in [9.17, 15) is 5.11 Å².